The lowest BCUT2D eigenvalue weighted by Gasteiger charge is -2.15. The van der Waals surface area contributed by atoms with Crippen LogP contribution in [0.1, 0.15) is 5.56 Å². The highest BCUT2D eigenvalue weighted by Gasteiger charge is 2.16. The summed E-state index contributed by atoms with van der Waals surface area (Å²) < 4.78 is 5.19. The van der Waals surface area contributed by atoms with Gasteiger partial charge < -0.3 is 0 Å². The molecule has 0 unspecified atom stereocenters. The van der Waals surface area contributed by atoms with Gasteiger partial charge in [-0.2, -0.15) is 5.26 Å². The molecule has 9 rings (SSSR count). The zero-order valence-corrected chi connectivity index (χ0v) is 26.3. The van der Waals surface area contributed by atoms with E-state index in [1.807, 2.05) is 53.0 Å². The zero-order valence-electron chi connectivity index (χ0n) is 24.7. The number of nitrogens with zero attached hydrogens (tertiary/aromatic N) is 1. The van der Waals surface area contributed by atoms with Crippen LogP contribution in [-0.4, -0.2) is 0 Å². The summed E-state index contributed by atoms with van der Waals surface area (Å²) in [6.07, 6.45) is 0. The molecule has 2 aromatic heterocycles. The quantitative estimate of drug-likeness (QED) is 0.192. The van der Waals surface area contributed by atoms with E-state index in [9.17, 15) is 5.26 Å². The molecule has 214 valence electrons. The van der Waals surface area contributed by atoms with Gasteiger partial charge in [0.05, 0.1) is 11.6 Å². The molecule has 0 aliphatic carbocycles. The van der Waals surface area contributed by atoms with E-state index in [-0.39, 0.29) is 0 Å². The third-order valence-corrected chi connectivity index (χ3v) is 11.3. The number of thiophene rings is 2. The van der Waals surface area contributed by atoms with Gasteiger partial charge in [-0.15, -0.1) is 22.7 Å². The van der Waals surface area contributed by atoms with E-state index in [0.717, 1.165) is 27.8 Å². The first-order chi connectivity index (χ1) is 22.7. The van der Waals surface area contributed by atoms with Gasteiger partial charge in [-0.05, 0) is 93.0 Å². The molecule has 0 saturated heterocycles. The van der Waals surface area contributed by atoms with Crippen molar-refractivity contribution >= 4 is 63.0 Å². The minimum atomic E-state index is 0.651. The summed E-state index contributed by atoms with van der Waals surface area (Å²) in [7, 11) is 0. The number of rotatable bonds is 4. The lowest BCUT2D eigenvalue weighted by atomic mass is 9.88. The summed E-state index contributed by atoms with van der Waals surface area (Å²) in [4.78, 5) is 0. The second kappa shape index (κ2) is 10.8. The summed E-state index contributed by atoms with van der Waals surface area (Å²) in [6.45, 7) is 0. The summed E-state index contributed by atoms with van der Waals surface area (Å²) >= 11 is 3.69. The lowest BCUT2D eigenvalue weighted by molar-refractivity contribution is 1.48. The van der Waals surface area contributed by atoms with Gasteiger partial charge in [0.2, 0.25) is 0 Å². The van der Waals surface area contributed by atoms with E-state index in [0.29, 0.717) is 5.56 Å². The molecule has 0 radical (unpaired) electrons. The zero-order chi connectivity index (χ0) is 30.6. The lowest BCUT2D eigenvalue weighted by Crippen LogP contribution is -1.90. The van der Waals surface area contributed by atoms with Gasteiger partial charge in [-0.3, -0.25) is 0 Å². The minimum absolute atomic E-state index is 0.651. The summed E-state index contributed by atoms with van der Waals surface area (Å²) in [5.41, 5.74) is 9.65. The van der Waals surface area contributed by atoms with E-state index in [4.69, 9.17) is 0 Å². The van der Waals surface area contributed by atoms with Crippen molar-refractivity contribution in [3.8, 4) is 50.6 Å². The largest absolute Gasteiger partial charge is 0.192 e. The third-order valence-electron chi connectivity index (χ3n) is 8.90. The van der Waals surface area contributed by atoms with Crippen molar-refractivity contribution in [2.75, 3.05) is 0 Å². The second-order valence-electron chi connectivity index (χ2n) is 11.6. The Morgan fingerprint density at radius 2 is 1.02 bits per heavy atom. The smallest absolute Gasteiger partial charge is 0.0992 e. The fourth-order valence-electron chi connectivity index (χ4n) is 6.72. The highest BCUT2D eigenvalue weighted by molar-refractivity contribution is 7.26. The number of benzene rings is 7. The van der Waals surface area contributed by atoms with Gasteiger partial charge in [0.1, 0.15) is 0 Å². The standard InChI is InChI=1S/C43H25NS2/c44-26-27-21-31(28-9-2-1-3-10-28)23-32(22-27)38-24-30(34-13-8-14-37-35-11-4-7-16-41(35)46-43(34)37)17-19-33(38)29-18-20-42-39(25-29)36-12-5-6-15-40(36)45-42/h1-25H. The Balaban J connectivity index is 1.31. The van der Waals surface area contributed by atoms with Crippen LogP contribution in [0.2, 0.25) is 0 Å². The molecule has 0 aliphatic rings. The number of nitriles is 1. The SMILES string of the molecule is N#Cc1cc(-c2ccccc2)cc(-c2cc(-c3cccc4c3sc3ccccc34)ccc2-c2ccc3sc4ccccc4c3c2)c1. The van der Waals surface area contributed by atoms with Crippen molar-refractivity contribution in [2.45, 2.75) is 0 Å². The molecule has 0 N–H and O–H groups in total. The molecule has 0 saturated carbocycles. The van der Waals surface area contributed by atoms with Crippen molar-refractivity contribution in [3.63, 3.8) is 0 Å². The highest BCUT2D eigenvalue weighted by atomic mass is 32.1. The average Bonchev–Trinajstić information content (AvgIpc) is 3.70. The van der Waals surface area contributed by atoms with Crippen LogP contribution in [0.5, 0.6) is 0 Å². The topological polar surface area (TPSA) is 23.8 Å². The molecular formula is C43H25NS2. The minimum Gasteiger partial charge on any atom is -0.192 e. The molecule has 0 spiro atoms. The van der Waals surface area contributed by atoms with Crippen molar-refractivity contribution in [1.82, 2.24) is 0 Å². The van der Waals surface area contributed by atoms with E-state index in [2.05, 4.69) is 127 Å². The number of hydrogen-bond donors (Lipinski definition) is 0. The van der Waals surface area contributed by atoms with Crippen LogP contribution in [-0.2, 0) is 0 Å². The predicted octanol–water partition coefficient (Wildman–Crippen LogP) is 13.0. The summed E-state index contributed by atoms with van der Waals surface area (Å²) in [6, 6.07) is 56.7. The van der Waals surface area contributed by atoms with Gasteiger partial charge in [0.15, 0.2) is 0 Å². The second-order valence-corrected chi connectivity index (χ2v) is 13.8. The van der Waals surface area contributed by atoms with Crippen molar-refractivity contribution < 1.29 is 0 Å². The van der Waals surface area contributed by atoms with E-state index >= 15 is 0 Å². The van der Waals surface area contributed by atoms with Crippen LogP contribution in [0.25, 0.3) is 84.9 Å². The summed E-state index contributed by atoms with van der Waals surface area (Å²) in [5.74, 6) is 0. The van der Waals surface area contributed by atoms with Gasteiger partial charge >= 0.3 is 0 Å². The van der Waals surface area contributed by atoms with Crippen LogP contribution >= 0.6 is 22.7 Å². The maximum absolute atomic E-state index is 10.1. The van der Waals surface area contributed by atoms with Crippen LogP contribution in [0.15, 0.2) is 152 Å². The van der Waals surface area contributed by atoms with Crippen LogP contribution < -0.4 is 0 Å². The molecular weight excluding hydrogens is 595 g/mol. The molecule has 9 aromatic rings. The molecule has 2 heterocycles. The average molecular weight is 620 g/mol. The Morgan fingerprint density at radius 1 is 0.370 bits per heavy atom. The summed E-state index contributed by atoms with van der Waals surface area (Å²) in [5, 5.41) is 15.3. The molecule has 3 heteroatoms. The van der Waals surface area contributed by atoms with Gasteiger partial charge in [-0.25, -0.2) is 0 Å². The van der Waals surface area contributed by atoms with E-state index < -0.39 is 0 Å². The van der Waals surface area contributed by atoms with Crippen molar-refractivity contribution in [2.24, 2.45) is 0 Å². The molecule has 0 aliphatic heterocycles. The number of hydrogen-bond acceptors (Lipinski definition) is 3. The Morgan fingerprint density at radius 3 is 1.85 bits per heavy atom. The molecule has 0 amide bonds. The normalized spacial score (nSPS) is 11.5. The van der Waals surface area contributed by atoms with E-state index in [1.165, 1.54) is 57.0 Å². The Hall–Kier alpha value is -5.53. The Kier molecular flexibility index (Phi) is 6.31. The maximum atomic E-state index is 10.1. The van der Waals surface area contributed by atoms with Crippen molar-refractivity contribution in [3.05, 3.63) is 157 Å². The first-order valence-electron chi connectivity index (χ1n) is 15.3. The molecule has 1 nitrogen and oxygen atoms in total. The first-order valence-corrected chi connectivity index (χ1v) is 16.9. The molecule has 0 atom stereocenters. The monoisotopic (exact) mass is 619 g/mol. The molecule has 7 aromatic carbocycles. The third kappa shape index (κ3) is 4.43. The van der Waals surface area contributed by atoms with Gasteiger partial charge in [0.25, 0.3) is 0 Å². The van der Waals surface area contributed by atoms with Crippen LogP contribution in [0, 0.1) is 11.3 Å². The number of fused-ring (bicyclic) bond motifs is 6. The molecule has 46 heavy (non-hydrogen) atoms. The molecule has 0 fully saturated rings. The van der Waals surface area contributed by atoms with Gasteiger partial charge in [-0.1, -0.05) is 103 Å². The Labute approximate surface area is 274 Å². The van der Waals surface area contributed by atoms with Gasteiger partial charge in [0, 0.05) is 40.3 Å². The maximum Gasteiger partial charge on any atom is 0.0992 e. The van der Waals surface area contributed by atoms with Crippen LogP contribution in [0.3, 0.4) is 0 Å². The first kappa shape index (κ1) is 26.8. The van der Waals surface area contributed by atoms with Crippen molar-refractivity contribution in [1.29, 1.82) is 5.26 Å². The Bertz CT molecular complexity index is 2650. The fourth-order valence-corrected chi connectivity index (χ4v) is 9.04. The highest BCUT2D eigenvalue weighted by Crippen LogP contribution is 2.44. The molecule has 0 bridgehead atoms. The van der Waals surface area contributed by atoms with E-state index in [1.54, 1.807) is 0 Å². The predicted molar refractivity (Wildman–Crippen MR) is 199 cm³/mol. The van der Waals surface area contributed by atoms with Crippen LogP contribution in [0.4, 0.5) is 0 Å². The fraction of sp³-hybridized carbons (Fsp3) is 0.